The normalized spacial score (nSPS) is 17.7. The summed E-state index contributed by atoms with van der Waals surface area (Å²) in [5, 5.41) is 0. The van der Waals surface area contributed by atoms with Gasteiger partial charge in [0.15, 0.2) is 0 Å². The molecule has 0 aliphatic heterocycles. The molecule has 0 aromatic rings. The van der Waals surface area contributed by atoms with E-state index in [-0.39, 0.29) is 12.8 Å². The Hall–Kier alpha value is 0.240. The number of rotatable bonds is 6. The summed E-state index contributed by atoms with van der Waals surface area (Å²) in [5.41, 5.74) is 0. The molecule has 0 bridgehead atoms. The molecule has 0 aliphatic rings. The molecule has 1 atom stereocenters. The van der Waals surface area contributed by atoms with Crippen molar-refractivity contribution >= 4 is 22.6 Å². The van der Waals surface area contributed by atoms with Crippen molar-refractivity contribution in [3.8, 4) is 0 Å². The van der Waals surface area contributed by atoms with Crippen molar-refractivity contribution in [1.29, 1.82) is 0 Å². The van der Waals surface area contributed by atoms with Gasteiger partial charge in [0, 0.05) is 9.84 Å². The summed E-state index contributed by atoms with van der Waals surface area (Å²) in [6, 6.07) is 0. The standard InChI is InChI=1S/C10H14F7I/c1-3-5-7(18,4-2)6-8(11,12)9(13,14)10(15,16)17/h3-6H2,1-2H3. The van der Waals surface area contributed by atoms with Gasteiger partial charge < -0.3 is 0 Å². The summed E-state index contributed by atoms with van der Waals surface area (Å²) < 4.78 is 86.6. The monoisotopic (exact) mass is 394 g/mol. The third-order valence-corrected chi connectivity index (χ3v) is 4.37. The van der Waals surface area contributed by atoms with Gasteiger partial charge in [-0.3, -0.25) is 0 Å². The molecule has 0 aromatic heterocycles. The predicted octanol–water partition coefficient (Wildman–Crippen LogP) is 5.59. The zero-order valence-electron chi connectivity index (χ0n) is 9.85. The summed E-state index contributed by atoms with van der Waals surface area (Å²) in [5.74, 6) is -11.1. The minimum Gasteiger partial charge on any atom is -0.199 e. The van der Waals surface area contributed by atoms with E-state index < -0.39 is 27.9 Å². The highest BCUT2D eigenvalue weighted by molar-refractivity contribution is 14.1. The van der Waals surface area contributed by atoms with Crippen LogP contribution >= 0.6 is 22.6 Å². The summed E-state index contributed by atoms with van der Waals surface area (Å²) >= 11 is 1.55. The third kappa shape index (κ3) is 3.86. The van der Waals surface area contributed by atoms with Crippen molar-refractivity contribution in [1.82, 2.24) is 0 Å². The summed E-state index contributed by atoms with van der Waals surface area (Å²) in [6.07, 6.45) is -7.03. The second-order valence-corrected chi connectivity index (χ2v) is 6.50. The molecule has 0 heterocycles. The molecule has 0 saturated heterocycles. The molecular formula is C10H14F7I. The third-order valence-electron chi connectivity index (χ3n) is 2.69. The molecule has 0 nitrogen and oxygen atoms in total. The van der Waals surface area contributed by atoms with E-state index in [1.54, 1.807) is 29.5 Å². The molecule has 0 spiro atoms. The average molecular weight is 394 g/mol. The Kier molecular flexibility index (Phi) is 5.78. The van der Waals surface area contributed by atoms with Crippen LogP contribution in [0.15, 0.2) is 0 Å². The first-order valence-corrected chi connectivity index (χ1v) is 6.42. The SMILES string of the molecule is CCCC(I)(CC)CC(F)(F)C(F)(F)C(F)(F)F. The van der Waals surface area contributed by atoms with E-state index in [2.05, 4.69) is 0 Å². The van der Waals surface area contributed by atoms with Gasteiger partial charge in [0.2, 0.25) is 0 Å². The van der Waals surface area contributed by atoms with Crippen LogP contribution in [0.1, 0.15) is 39.5 Å². The summed E-state index contributed by atoms with van der Waals surface area (Å²) in [6.45, 7) is 3.15. The molecule has 0 aliphatic carbocycles. The molecule has 0 amide bonds. The first-order valence-electron chi connectivity index (χ1n) is 5.34. The maximum Gasteiger partial charge on any atom is 0.459 e. The van der Waals surface area contributed by atoms with Crippen molar-refractivity contribution in [2.45, 2.75) is 61.0 Å². The van der Waals surface area contributed by atoms with Gasteiger partial charge in [-0.2, -0.15) is 30.7 Å². The molecule has 18 heavy (non-hydrogen) atoms. The number of halogens is 8. The van der Waals surface area contributed by atoms with Crippen LogP contribution in [-0.2, 0) is 0 Å². The van der Waals surface area contributed by atoms with Crippen LogP contribution in [0.4, 0.5) is 30.7 Å². The lowest BCUT2D eigenvalue weighted by Gasteiger charge is -2.35. The summed E-state index contributed by atoms with van der Waals surface area (Å²) in [7, 11) is 0. The Morgan fingerprint density at radius 2 is 1.33 bits per heavy atom. The highest BCUT2D eigenvalue weighted by Crippen LogP contribution is 2.52. The lowest BCUT2D eigenvalue weighted by Crippen LogP contribution is -2.54. The van der Waals surface area contributed by atoms with E-state index in [0.29, 0.717) is 6.42 Å². The lowest BCUT2D eigenvalue weighted by molar-refractivity contribution is -0.356. The first kappa shape index (κ1) is 18.2. The van der Waals surface area contributed by atoms with Gasteiger partial charge >= 0.3 is 18.0 Å². The van der Waals surface area contributed by atoms with Crippen molar-refractivity contribution in [2.24, 2.45) is 0 Å². The topological polar surface area (TPSA) is 0 Å². The van der Waals surface area contributed by atoms with Crippen LogP contribution in [0, 0.1) is 0 Å². The van der Waals surface area contributed by atoms with Crippen molar-refractivity contribution in [2.75, 3.05) is 0 Å². The molecule has 0 fully saturated rings. The van der Waals surface area contributed by atoms with E-state index >= 15 is 0 Å². The Labute approximate surface area is 114 Å². The molecular weight excluding hydrogens is 380 g/mol. The van der Waals surface area contributed by atoms with Gasteiger partial charge in [0.05, 0.1) is 0 Å². The number of hydrogen-bond donors (Lipinski definition) is 0. The van der Waals surface area contributed by atoms with Crippen LogP contribution in [0.5, 0.6) is 0 Å². The largest absolute Gasteiger partial charge is 0.459 e. The fourth-order valence-corrected chi connectivity index (χ4v) is 2.57. The van der Waals surface area contributed by atoms with Crippen LogP contribution in [0.25, 0.3) is 0 Å². The van der Waals surface area contributed by atoms with Crippen LogP contribution < -0.4 is 0 Å². The molecule has 110 valence electrons. The predicted molar refractivity (Wildman–Crippen MR) is 62.5 cm³/mol. The smallest absolute Gasteiger partial charge is 0.199 e. The van der Waals surface area contributed by atoms with E-state index in [0.717, 1.165) is 0 Å². The Balaban J connectivity index is 5.16. The molecule has 1 unspecified atom stereocenters. The van der Waals surface area contributed by atoms with E-state index in [1.165, 1.54) is 6.92 Å². The Morgan fingerprint density at radius 3 is 1.61 bits per heavy atom. The van der Waals surface area contributed by atoms with Crippen molar-refractivity contribution < 1.29 is 30.7 Å². The van der Waals surface area contributed by atoms with Crippen LogP contribution in [-0.4, -0.2) is 21.4 Å². The number of hydrogen-bond acceptors (Lipinski definition) is 0. The highest BCUT2D eigenvalue weighted by atomic mass is 127. The molecule has 0 aromatic carbocycles. The van der Waals surface area contributed by atoms with E-state index in [4.69, 9.17) is 0 Å². The van der Waals surface area contributed by atoms with Gasteiger partial charge in [-0.15, -0.1) is 0 Å². The molecule has 0 N–H and O–H groups in total. The van der Waals surface area contributed by atoms with Gasteiger partial charge in [0.1, 0.15) is 0 Å². The maximum absolute atomic E-state index is 13.2. The minimum absolute atomic E-state index is 0.102. The fraction of sp³-hybridized carbons (Fsp3) is 1.00. The molecule has 0 rings (SSSR count). The second-order valence-electron chi connectivity index (χ2n) is 4.21. The van der Waals surface area contributed by atoms with Crippen molar-refractivity contribution in [3.63, 3.8) is 0 Å². The molecule has 0 radical (unpaired) electrons. The lowest BCUT2D eigenvalue weighted by atomic mass is 9.91. The van der Waals surface area contributed by atoms with Gasteiger partial charge in [-0.25, -0.2) is 0 Å². The van der Waals surface area contributed by atoms with E-state index in [9.17, 15) is 30.7 Å². The Bertz CT molecular complexity index is 274. The first-order chi connectivity index (χ1) is 7.83. The van der Waals surface area contributed by atoms with Crippen LogP contribution in [0.2, 0.25) is 0 Å². The Morgan fingerprint density at radius 1 is 0.889 bits per heavy atom. The van der Waals surface area contributed by atoms with E-state index in [1.807, 2.05) is 0 Å². The second kappa shape index (κ2) is 5.70. The van der Waals surface area contributed by atoms with Gasteiger partial charge in [-0.1, -0.05) is 42.9 Å². The molecule has 0 saturated carbocycles. The quantitative estimate of drug-likeness (QED) is 0.313. The summed E-state index contributed by atoms with van der Waals surface area (Å²) in [4.78, 5) is 0. The maximum atomic E-state index is 13.2. The van der Waals surface area contributed by atoms with Crippen molar-refractivity contribution in [3.05, 3.63) is 0 Å². The van der Waals surface area contributed by atoms with Gasteiger partial charge in [0.25, 0.3) is 0 Å². The zero-order valence-corrected chi connectivity index (χ0v) is 12.0. The zero-order chi connectivity index (χ0) is 14.8. The average Bonchev–Trinajstić information content (AvgIpc) is 2.15. The minimum atomic E-state index is -6.24. The fourth-order valence-electron chi connectivity index (χ4n) is 1.55. The van der Waals surface area contributed by atoms with Crippen LogP contribution in [0.3, 0.4) is 0 Å². The number of alkyl halides is 8. The molecule has 8 heteroatoms. The van der Waals surface area contributed by atoms with Gasteiger partial charge in [-0.05, 0) is 12.8 Å². The highest BCUT2D eigenvalue weighted by Gasteiger charge is 2.73.